The van der Waals surface area contributed by atoms with Crippen LogP contribution >= 0.6 is 0 Å². The second-order valence-electron chi connectivity index (χ2n) is 5.13. The van der Waals surface area contributed by atoms with Crippen LogP contribution in [-0.4, -0.2) is 32.3 Å². The van der Waals surface area contributed by atoms with Gasteiger partial charge in [0, 0.05) is 31.1 Å². The van der Waals surface area contributed by atoms with E-state index in [9.17, 15) is 23.3 Å². The second kappa shape index (κ2) is 8.59. The summed E-state index contributed by atoms with van der Waals surface area (Å²) < 4.78 is 26.4. The molecule has 0 heterocycles. The molecule has 0 radical (unpaired) electrons. The summed E-state index contributed by atoms with van der Waals surface area (Å²) in [6, 6.07) is 4.79. The number of hydrogen-bond acceptors (Lipinski definition) is 5. The van der Waals surface area contributed by atoms with E-state index in [1.165, 1.54) is 18.2 Å². The normalized spacial score (nSPS) is 12.6. The van der Waals surface area contributed by atoms with Gasteiger partial charge in [-0.3, -0.25) is 14.9 Å². The average molecular weight is 343 g/mol. The maximum absolute atomic E-state index is 12.0. The Kier molecular flexibility index (Phi) is 7.11. The predicted molar refractivity (Wildman–Crippen MR) is 85.4 cm³/mol. The van der Waals surface area contributed by atoms with Crippen LogP contribution in [0.2, 0.25) is 0 Å². The van der Waals surface area contributed by atoms with E-state index in [0.717, 1.165) is 18.9 Å². The summed E-state index contributed by atoms with van der Waals surface area (Å²) in [4.78, 5) is 21.5. The molecule has 23 heavy (non-hydrogen) atoms. The molecule has 1 aromatic rings. The van der Waals surface area contributed by atoms with Gasteiger partial charge in [0.2, 0.25) is 15.9 Å². The monoisotopic (exact) mass is 343 g/mol. The van der Waals surface area contributed by atoms with Crippen molar-refractivity contribution >= 4 is 21.6 Å². The summed E-state index contributed by atoms with van der Waals surface area (Å²) in [7, 11) is -3.85. The standard InChI is InChI=1S/C14H21N3O5S/c1-3-5-11(2)14(18)15-8-9-16-23(21,22)13-7-4-6-12(10-13)17(19)20/h4,6-7,10-11,16H,3,5,8-9H2,1-2H3,(H,15,18). The van der Waals surface area contributed by atoms with Crippen molar-refractivity contribution in [3.63, 3.8) is 0 Å². The molecule has 1 unspecified atom stereocenters. The number of nitro benzene ring substituents is 1. The topological polar surface area (TPSA) is 118 Å². The number of rotatable bonds is 9. The van der Waals surface area contributed by atoms with Gasteiger partial charge < -0.3 is 5.32 Å². The third-order valence-electron chi connectivity index (χ3n) is 3.22. The van der Waals surface area contributed by atoms with Crippen LogP contribution in [0.1, 0.15) is 26.7 Å². The lowest BCUT2D eigenvalue weighted by atomic mass is 10.1. The van der Waals surface area contributed by atoms with E-state index in [4.69, 9.17) is 0 Å². The molecule has 1 atom stereocenters. The summed E-state index contributed by atoms with van der Waals surface area (Å²) in [6.07, 6.45) is 1.67. The van der Waals surface area contributed by atoms with Gasteiger partial charge in [-0.1, -0.05) is 26.3 Å². The second-order valence-corrected chi connectivity index (χ2v) is 6.90. The molecule has 0 saturated heterocycles. The Morgan fingerprint density at radius 2 is 2.04 bits per heavy atom. The zero-order valence-electron chi connectivity index (χ0n) is 13.1. The highest BCUT2D eigenvalue weighted by Gasteiger charge is 2.17. The number of amides is 1. The molecule has 1 aromatic carbocycles. The van der Waals surface area contributed by atoms with Crippen LogP contribution in [-0.2, 0) is 14.8 Å². The molecule has 0 spiro atoms. The van der Waals surface area contributed by atoms with Gasteiger partial charge in [0.1, 0.15) is 0 Å². The number of nitrogens with one attached hydrogen (secondary N) is 2. The minimum Gasteiger partial charge on any atom is -0.355 e. The molecule has 9 heteroatoms. The zero-order valence-corrected chi connectivity index (χ0v) is 13.9. The average Bonchev–Trinajstić information content (AvgIpc) is 2.51. The van der Waals surface area contributed by atoms with Crippen LogP contribution in [0.25, 0.3) is 0 Å². The van der Waals surface area contributed by atoms with Gasteiger partial charge >= 0.3 is 0 Å². The lowest BCUT2D eigenvalue weighted by Crippen LogP contribution is -2.36. The fraction of sp³-hybridized carbons (Fsp3) is 0.500. The quantitative estimate of drug-likeness (QED) is 0.399. The van der Waals surface area contributed by atoms with Crippen LogP contribution in [0.4, 0.5) is 5.69 Å². The Labute approximate surface area is 135 Å². The number of carbonyl (C=O) groups is 1. The zero-order chi connectivity index (χ0) is 17.5. The third-order valence-corrected chi connectivity index (χ3v) is 4.68. The molecule has 0 aliphatic rings. The van der Waals surface area contributed by atoms with Gasteiger partial charge in [-0.05, 0) is 12.5 Å². The summed E-state index contributed by atoms with van der Waals surface area (Å²) in [5.41, 5.74) is -0.297. The van der Waals surface area contributed by atoms with Crippen LogP contribution in [0.5, 0.6) is 0 Å². The number of sulfonamides is 1. The third kappa shape index (κ3) is 5.95. The van der Waals surface area contributed by atoms with E-state index in [1.54, 1.807) is 0 Å². The van der Waals surface area contributed by atoms with Gasteiger partial charge in [-0.15, -0.1) is 0 Å². The molecule has 2 N–H and O–H groups in total. The Balaban J connectivity index is 2.55. The van der Waals surface area contributed by atoms with Crippen molar-refractivity contribution in [3.05, 3.63) is 34.4 Å². The maximum atomic E-state index is 12.0. The Morgan fingerprint density at radius 1 is 1.35 bits per heavy atom. The number of nitro groups is 1. The maximum Gasteiger partial charge on any atom is 0.270 e. The lowest BCUT2D eigenvalue weighted by Gasteiger charge is -2.11. The van der Waals surface area contributed by atoms with E-state index < -0.39 is 14.9 Å². The highest BCUT2D eigenvalue weighted by Crippen LogP contribution is 2.16. The minimum atomic E-state index is -3.85. The van der Waals surface area contributed by atoms with Gasteiger partial charge in [0.05, 0.1) is 9.82 Å². The van der Waals surface area contributed by atoms with Crippen molar-refractivity contribution in [1.82, 2.24) is 10.0 Å². The first-order chi connectivity index (χ1) is 10.8. The first kappa shape index (κ1) is 19.0. The summed E-state index contributed by atoms with van der Waals surface area (Å²) in [5, 5.41) is 13.3. The van der Waals surface area contributed by atoms with Crippen molar-refractivity contribution in [1.29, 1.82) is 0 Å². The molecular weight excluding hydrogens is 322 g/mol. The van der Waals surface area contributed by atoms with Crippen LogP contribution in [0.15, 0.2) is 29.2 Å². The van der Waals surface area contributed by atoms with Gasteiger partial charge in [-0.25, -0.2) is 13.1 Å². The van der Waals surface area contributed by atoms with Crippen molar-refractivity contribution in [2.75, 3.05) is 13.1 Å². The molecule has 0 bridgehead atoms. The first-order valence-electron chi connectivity index (χ1n) is 7.29. The molecule has 1 rings (SSSR count). The van der Waals surface area contributed by atoms with Crippen LogP contribution in [0.3, 0.4) is 0 Å². The van der Waals surface area contributed by atoms with E-state index in [0.29, 0.717) is 0 Å². The summed E-state index contributed by atoms with van der Waals surface area (Å²) in [6.45, 7) is 3.96. The lowest BCUT2D eigenvalue weighted by molar-refractivity contribution is -0.385. The molecule has 0 aliphatic carbocycles. The van der Waals surface area contributed by atoms with Crippen molar-refractivity contribution < 1.29 is 18.1 Å². The number of benzene rings is 1. The van der Waals surface area contributed by atoms with E-state index in [-0.39, 0.29) is 35.5 Å². The number of non-ortho nitro benzene ring substituents is 1. The summed E-state index contributed by atoms with van der Waals surface area (Å²) >= 11 is 0. The molecule has 8 nitrogen and oxygen atoms in total. The molecule has 1 amide bonds. The van der Waals surface area contributed by atoms with Crippen LogP contribution in [0, 0.1) is 16.0 Å². The Hall–Kier alpha value is -2.00. The fourth-order valence-corrected chi connectivity index (χ4v) is 3.03. The van der Waals surface area contributed by atoms with E-state index in [1.807, 2.05) is 13.8 Å². The van der Waals surface area contributed by atoms with Crippen LogP contribution < -0.4 is 10.0 Å². The van der Waals surface area contributed by atoms with Crippen molar-refractivity contribution in [2.45, 2.75) is 31.6 Å². The molecule has 128 valence electrons. The first-order valence-corrected chi connectivity index (χ1v) is 8.78. The largest absolute Gasteiger partial charge is 0.355 e. The molecule has 0 saturated carbocycles. The smallest absolute Gasteiger partial charge is 0.270 e. The van der Waals surface area contributed by atoms with Gasteiger partial charge in [0.15, 0.2) is 0 Å². The Morgan fingerprint density at radius 3 is 2.65 bits per heavy atom. The number of nitrogens with zero attached hydrogens (tertiary/aromatic N) is 1. The molecule has 0 aliphatic heterocycles. The van der Waals surface area contributed by atoms with Gasteiger partial charge in [0.25, 0.3) is 5.69 Å². The molecule has 0 aromatic heterocycles. The van der Waals surface area contributed by atoms with Crippen molar-refractivity contribution in [2.24, 2.45) is 5.92 Å². The Bertz CT molecular complexity index is 660. The SMILES string of the molecule is CCCC(C)C(=O)NCCNS(=O)(=O)c1cccc([N+](=O)[O-])c1. The summed E-state index contributed by atoms with van der Waals surface area (Å²) in [5.74, 6) is -0.241. The number of carbonyl (C=O) groups excluding carboxylic acids is 1. The minimum absolute atomic E-state index is 0.00953. The fourth-order valence-electron chi connectivity index (χ4n) is 1.96. The molecular formula is C14H21N3O5S. The van der Waals surface area contributed by atoms with E-state index in [2.05, 4.69) is 10.0 Å². The highest BCUT2D eigenvalue weighted by molar-refractivity contribution is 7.89. The molecule has 0 fully saturated rings. The van der Waals surface area contributed by atoms with Crippen molar-refractivity contribution in [3.8, 4) is 0 Å². The highest BCUT2D eigenvalue weighted by atomic mass is 32.2. The van der Waals surface area contributed by atoms with Gasteiger partial charge in [-0.2, -0.15) is 0 Å². The van der Waals surface area contributed by atoms with E-state index >= 15 is 0 Å². The predicted octanol–water partition coefficient (Wildman–Crippen LogP) is 1.43. The number of hydrogen-bond donors (Lipinski definition) is 2.